The smallest absolute Gasteiger partial charge is 0.395 e. The van der Waals surface area contributed by atoms with E-state index in [4.69, 9.17) is 0 Å². The Hall–Kier alpha value is -2.03. The van der Waals surface area contributed by atoms with Gasteiger partial charge in [-0.05, 0) is 6.07 Å². The van der Waals surface area contributed by atoms with Crippen LogP contribution >= 0.6 is 0 Å². The van der Waals surface area contributed by atoms with E-state index in [1.165, 1.54) is 23.2 Å². The van der Waals surface area contributed by atoms with E-state index in [1.54, 1.807) is 12.1 Å². The Balaban J connectivity index is 1.96. The number of halogens is 2. The maximum atomic E-state index is 13.1. The fourth-order valence-electron chi connectivity index (χ4n) is 1.91. The van der Waals surface area contributed by atoms with Crippen molar-refractivity contribution < 1.29 is 22.5 Å². The van der Waals surface area contributed by atoms with Crippen molar-refractivity contribution in [3.05, 3.63) is 30.1 Å². The minimum atomic E-state index is -3.66. The van der Waals surface area contributed by atoms with Gasteiger partial charge in [0.1, 0.15) is 6.33 Å². The van der Waals surface area contributed by atoms with Crippen LogP contribution in [0.25, 0.3) is 0 Å². The number of aromatic nitrogens is 3. The lowest BCUT2D eigenvalue weighted by atomic mass is 10.2. The molecule has 0 spiro atoms. The summed E-state index contributed by atoms with van der Waals surface area (Å²) in [7, 11) is -1.33. The summed E-state index contributed by atoms with van der Waals surface area (Å²) in [6.07, 6.45) is -0.824. The van der Waals surface area contributed by atoms with Gasteiger partial charge in [-0.1, -0.05) is 12.1 Å². The Morgan fingerprint density at radius 2 is 2.20 bits per heavy atom. The Morgan fingerprint density at radius 3 is 2.95 bits per heavy atom. The van der Waals surface area contributed by atoms with Gasteiger partial charge >= 0.3 is 6.29 Å². The average Bonchev–Trinajstić information content (AvgIpc) is 2.92. The minimum absolute atomic E-state index is 0.0280. The maximum absolute atomic E-state index is 13.1. The Kier molecular flexibility index (Phi) is 2.93. The number of benzene rings is 1. The average molecular weight is 301 g/mol. The third-order valence-corrected chi connectivity index (χ3v) is 3.52. The monoisotopic (exact) mass is 301 g/mol. The zero-order chi connectivity index (χ0) is 14.3. The number of alkyl halides is 2. The van der Waals surface area contributed by atoms with Crippen LogP contribution in [0.1, 0.15) is 5.56 Å². The molecule has 1 aromatic heterocycles. The topological polar surface area (TPSA) is 66.2 Å². The van der Waals surface area contributed by atoms with Crippen LogP contribution in [0.4, 0.5) is 8.78 Å². The molecular formula is C11H9F2N3O3S. The van der Waals surface area contributed by atoms with Gasteiger partial charge in [-0.15, -0.1) is 19.0 Å². The van der Waals surface area contributed by atoms with Crippen molar-refractivity contribution in [3.63, 3.8) is 0 Å². The van der Waals surface area contributed by atoms with Gasteiger partial charge in [0.2, 0.25) is 5.16 Å². The van der Waals surface area contributed by atoms with Crippen molar-refractivity contribution in [2.75, 3.05) is 6.26 Å². The van der Waals surface area contributed by atoms with Gasteiger partial charge < -0.3 is 14.0 Å². The summed E-state index contributed by atoms with van der Waals surface area (Å²) in [4.78, 5) is 0. The van der Waals surface area contributed by atoms with Crippen LogP contribution in [0, 0.1) is 0 Å². The standard InChI is InChI=1S/C11H9F2N3O3S/c1-20(17)10-15-14-6-16(10)5-7-3-2-4-8-9(7)19-11(12,13)18-8/h2-4,6H,5H2,1H3. The maximum Gasteiger partial charge on any atom is 0.586 e. The predicted octanol–water partition coefficient (Wildman–Crippen LogP) is 1.39. The molecular weight excluding hydrogens is 292 g/mol. The van der Waals surface area contributed by atoms with Gasteiger partial charge in [0.25, 0.3) is 0 Å². The highest BCUT2D eigenvalue weighted by Crippen LogP contribution is 2.43. The molecule has 0 radical (unpaired) electrons. The van der Waals surface area contributed by atoms with Gasteiger partial charge in [-0.25, -0.2) is 0 Å². The Bertz CT molecular complexity index is 689. The summed E-state index contributed by atoms with van der Waals surface area (Å²) in [5, 5.41) is 7.65. The molecule has 9 heteroatoms. The van der Waals surface area contributed by atoms with Crippen LogP contribution in [0.5, 0.6) is 11.5 Å². The van der Waals surface area contributed by atoms with Gasteiger partial charge in [-0.2, -0.15) is 0 Å². The number of rotatable bonds is 3. The van der Waals surface area contributed by atoms with E-state index in [9.17, 15) is 13.0 Å². The fraction of sp³-hybridized carbons (Fsp3) is 0.273. The van der Waals surface area contributed by atoms with Crippen LogP contribution in [0.2, 0.25) is 0 Å². The van der Waals surface area contributed by atoms with Crippen LogP contribution in [0.3, 0.4) is 0 Å². The first-order valence-corrected chi connectivity index (χ1v) is 7.11. The Morgan fingerprint density at radius 1 is 1.40 bits per heavy atom. The number of hydrogen-bond acceptors (Lipinski definition) is 5. The van der Waals surface area contributed by atoms with Crippen molar-refractivity contribution in [2.45, 2.75) is 18.0 Å². The molecule has 3 rings (SSSR count). The first kappa shape index (κ1) is 13.0. The van der Waals surface area contributed by atoms with E-state index in [-0.39, 0.29) is 23.2 Å². The fourth-order valence-corrected chi connectivity index (χ4v) is 2.51. The van der Waals surface area contributed by atoms with Crippen molar-refractivity contribution in [2.24, 2.45) is 0 Å². The van der Waals surface area contributed by atoms with Crippen molar-refractivity contribution in [3.8, 4) is 11.5 Å². The molecule has 0 N–H and O–H groups in total. The quantitative estimate of drug-likeness (QED) is 0.857. The highest BCUT2D eigenvalue weighted by molar-refractivity contribution is 7.84. The first-order valence-electron chi connectivity index (χ1n) is 5.55. The van der Waals surface area contributed by atoms with Gasteiger partial charge in [0.15, 0.2) is 11.5 Å². The molecule has 1 aromatic carbocycles. The van der Waals surface area contributed by atoms with E-state index in [0.717, 1.165) is 0 Å². The molecule has 0 aliphatic carbocycles. The first-order chi connectivity index (χ1) is 9.46. The Labute approximate surface area is 114 Å². The lowest BCUT2D eigenvalue weighted by Crippen LogP contribution is -2.26. The molecule has 1 atom stereocenters. The normalized spacial score (nSPS) is 17.1. The van der Waals surface area contributed by atoms with Crippen LogP contribution in [0.15, 0.2) is 29.7 Å². The summed E-state index contributed by atoms with van der Waals surface area (Å²) in [5.74, 6) is -0.0567. The highest BCUT2D eigenvalue weighted by Gasteiger charge is 2.44. The largest absolute Gasteiger partial charge is 0.586 e. The number of fused-ring (bicyclic) bond motifs is 1. The molecule has 2 heterocycles. The molecule has 2 aromatic rings. The van der Waals surface area contributed by atoms with E-state index in [1.807, 2.05) is 0 Å². The highest BCUT2D eigenvalue weighted by atomic mass is 32.2. The molecule has 0 saturated heterocycles. The second-order valence-corrected chi connectivity index (χ2v) is 5.38. The zero-order valence-corrected chi connectivity index (χ0v) is 11.1. The van der Waals surface area contributed by atoms with Crippen LogP contribution < -0.4 is 9.47 Å². The molecule has 0 saturated carbocycles. The third kappa shape index (κ3) is 2.24. The van der Waals surface area contributed by atoms with Gasteiger partial charge in [0.05, 0.1) is 17.3 Å². The van der Waals surface area contributed by atoms with Crippen LogP contribution in [-0.4, -0.2) is 31.5 Å². The second-order valence-electron chi connectivity index (χ2n) is 4.11. The number of para-hydroxylation sites is 1. The molecule has 1 unspecified atom stereocenters. The lowest BCUT2D eigenvalue weighted by molar-refractivity contribution is -0.286. The number of hydrogen-bond donors (Lipinski definition) is 0. The van der Waals surface area contributed by atoms with Crippen LogP contribution in [-0.2, 0) is 17.3 Å². The minimum Gasteiger partial charge on any atom is -0.395 e. The van der Waals surface area contributed by atoms with Crippen molar-refractivity contribution in [1.29, 1.82) is 0 Å². The molecule has 0 bridgehead atoms. The van der Waals surface area contributed by atoms with Gasteiger partial charge in [0, 0.05) is 11.8 Å². The molecule has 20 heavy (non-hydrogen) atoms. The third-order valence-electron chi connectivity index (χ3n) is 2.69. The number of ether oxygens (including phenoxy) is 2. The SMILES string of the molecule is CS(=O)c1nncn1Cc1cccc2c1OC(F)(F)O2. The summed E-state index contributed by atoms with van der Waals surface area (Å²) in [5.41, 5.74) is 0.464. The van der Waals surface area contributed by atoms with E-state index >= 15 is 0 Å². The second kappa shape index (κ2) is 4.51. The van der Waals surface area contributed by atoms with Crippen molar-refractivity contribution >= 4 is 10.8 Å². The zero-order valence-electron chi connectivity index (χ0n) is 10.2. The number of nitrogens with zero attached hydrogens (tertiary/aromatic N) is 3. The van der Waals surface area contributed by atoms with Gasteiger partial charge in [-0.3, -0.25) is 4.21 Å². The molecule has 1 aliphatic rings. The molecule has 106 valence electrons. The summed E-state index contributed by atoms with van der Waals surface area (Å²) >= 11 is 0. The molecule has 6 nitrogen and oxygen atoms in total. The van der Waals surface area contributed by atoms with Crippen molar-refractivity contribution in [1.82, 2.24) is 14.8 Å². The van der Waals surface area contributed by atoms with E-state index < -0.39 is 17.1 Å². The molecule has 1 aliphatic heterocycles. The summed E-state index contributed by atoms with van der Waals surface area (Å²) in [6, 6.07) is 4.59. The summed E-state index contributed by atoms with van der Waals surface area (Å²) < 4.78 is 48.0. The lowest BCUT2D eigenvalue weighted by Gasteiger charge is -2.08. The predicted molar refractivity (Wildman–Crippen MR) is 64.1 cm³/mol. The summed E-state index contributed by atoms with van der Waals surface area (Å²) in [6.45, 7) is 0.157. The molecule has 0 amide bonds. The van der Waals surface area contributed by atoms with E-state index in [0.29, 0.717) is 5.56 Å². The molecule has 0 fully saturated rings. The van der Waals surface area contributed by atoms with E-state index in [2.05, 4.69) is 19.7 Å².